The standard InChI is InChI=1S/C10H13N3/c1-8(12)6-9-4-2-3-5-10(9)13-7-11/h2-8,11H,12H2,1H3/b9-6-,11-7?,13-10?. The van der Waals surface area contributed by atoms with Crippen LogP contribution in [-0.2, 0) is 0 Å². The van der Waals surface area contributed by atoms with Crippen molar-refractivity contribution in [1.29, 1.82) is 5.41 Å². The van der Waals surface area contributed by atoms with E-state index in [-0.39, 0.29) is 6.04 Å². The number of aliphatic imine (C=N–C) groups is 1. The van der Waals surface area contributed by atoms with Crippen molar-refractivity contribution in [2.45, 2.75) is 13.0 Å². The minimum atomic E-state index is 0.00193. The van der Waals surface area contributed by atoms with Gasteiger partial charge in [0.2, 0.25) is 0 Å². The summed E-state index contributed by atoms with van der Waals surface area (Å²) in [6.45, 7) is 1.90. The molecule has 68 valence electrons. The summed E-state index contributed by atoms with van der Waals surface area (Å²) < 4.78 is 0. The summed E-state index contributed by atoms with van der Waals surface area (Å²) in [6, 6.07) is 0.00193. The molecule has 0 aromatic heterocycles. The molecule has 0 aliphatic heterocycles. The van der Waals surface area contributed by atoms with E-state index in [1.807, 2.05) is 37.3 Å². The SMILES string of the molecule is CC(N)/C=C1/C=CC=CC1=NC=N. The van der Waals surface area contributed by atoms with Gasteiger partial charge in [-0.15, -0.1) is 0 Å². The molecule has 0 spiro atoms. The van der Waals surface area contributed by atoms with Crippen LogP contribution < -0.4 is 5.73 Å². The van der Waals surface area contributed by atoms with E-state index in [1.54, 1.807) is 0 Å². The second-order valence-corrected chi connectivity index (χ2v) is 2.84. The molecule has 0 amide bonds. The lowest BCUT2D eigenvalue weighted by molar-refractivity contribution is 0.923. The number of nitrogens with one attached hydrogen (secondary N) is 1. The fourth-order valence-corrected chi connectivity index (χ4v) is 1.10. The Balaban J connectivity index is 2.95. The summed E-state index contributed by atoms with van der Waals surface area (Å²) >= 11 is 0. The maximum Gasteiger partial charge on any atom is 0.107 e. The van der Waals surface area contributed by atoms with Gasteiger partial charge >= 0.3 is 0 Å². The van der Waals surface area contributed by atoms with Crippen molar-refractivity contribution in [2.75, 3.05) is 0 Å². The average molecular weight is 175 g/mol. The average Bonchev–Trinajstić information content (AvgIpc) is 2.08. The van der Waals surface area contributed by atoms with Crippen molar-refractivity contribution in [3.63, 3.8) is 0 Å². The van der Waals surface area contributed by atoms with Crippen LogP contribution in [0, 0.1) is 5.41 Å². The Labute approximate surface area is 77.9 Å². The summed E-state index contributed by atoms with van der Waals surface area (Å²) in [5.74, 6) is 0. The number of rotatable bonds is 2. The largest absolute Gasteiger partial charge is 0.325 e. The summed E-state index contributed by atoms with van der Waals surface area (Å²) in [7, 11) is 0. The second kappa shape index (κ2) is 4.52. The van der Waals surface area contributed by atoms with Crippen molar-refractivity contribution in [1.82, 2.24) is 0 Å². The van der Waals surface area contributed by atoms with Crippen LogP contribution in [0.15, 0.2) is 40.9 Å². The van der Waals surface area contributed by atoms with Gasteiger partial charge in [-0.25, -0.2) is 4.99 Å². The van der Waals surface area contributed by atoms with E-state index in [2.05, 4.69) is 4.99 Å². The minimum absolute atomic E-state index is 0.00193. The molecule has 0 bridgehead atoms. The van der Waals surface area contributed by atoms with Crippen molar-refractivity contribution in [2.24, 2.45) is 10.7 Å². The zero-order valence-electron chi connectivity index (χ0n) is 7.57. The van der Waals surface area contributed by atoms with Crippen LogP contribution in [0.4, 0.5) is 0 Å². The summed E-state index contributed by atoms with van der Waals surface area (Å²) in [4.78, 5) is 3.91. The first kappa shape index (κ1) is 9.61. The molecule has 0 saturated heterocycles. The topological polar surface area (TPSA) is 62.2 Å². The lowest BCUT2D eigenvalue weighted by Gasteiger charge is -2.06. The highest BCUT2D eigenvalue weighted by atomic mass is 14.8. The fourth-order valence-electron chi connectivity index (χ4n) is 1.10. The molecule has 0 aromatic rings. The lowest BCUT2D eigenvalue weighted by atomic mass is 10.0. The highest BCUT2D eigenvalue weighted by Gasteiger charge is 2.03. The number of allylic oxidation sites excluding steroid dienone is 5. The molecular weight excluding hydrogens is 162 g/mol. The van der Waals surface area contributed by atoms with Gasteiger partial charge in [0.25, 0.3) is 0 Å². The molecule has 1 atom stereocenters. The molecule has 1 rings (SSSR count). The highest BCUT2D eigenvalue weighted by molar-refractivity contribution is 6.13. The third-order valence-electron chi connectivity index (χ3n) is 1.58. The van der Waals surface area contributed by atoms with E-state index < -0.39 is 0 Å². The zero-order chi connectivity index (χ0) is 9.68. The first-order chi connectivity index (χ1) is 6.24. The second-order valence-electron chi connectivity index (χ2n) is 2.84. The molecule has 3 nitrogen and oxygen atoms in total. The van der Waals surface area contributed by atoms with Crippen LogP contribution in [0.25, 0.3) is 0 Å². The molecule has 13 heavy (non-hydrogen) atoms. The van der Waals surface area contributed by atoms with Gasteiger partial charge in [0.1, 0.15) is 6.34 Å². The van der Waals surface area contributed by atoms with Crippen molar-refractivity contribution < 1.29 is 0 Å². The Morgan fingerprint density at radius 3 is 2.77 bits per heavy atom. The van der Waals surface area contributed by atoms with Crippen LogP contribution in [0.2, 0.25) is 0 Å². The monoisotopic (exact) mass is 175 g/mol. The van der Waals surface area contributed by atoms with Gasteiger partial charge in [-0.3, -0.25) is 5.41 Å². The molecular formula is C10H13N3. The highest BCUT2D eigenvalue weighted by Crippen LogP contribution is 2.08. The van der Waals surface area contributed by atoms with Crippen LogP contribution in [-0.4, -0.2) is 18.1 Å². The van der Waals surface area contributed by atoms with E-state index in [4.69, 9.17) is 11.1 Å². The van der Waals surface area contributed by atoms with E-state index in [0.29, 0.717) is 0 Å². The first-order valence-corrected chi connectivity index (χ1v) is 4.13. The lowest BCUT2D eigenvalue weighted by Crippen LogP contribution is -2.14. The van der Waals surface area contributed by atoms with E-state index in [9.17, 15) is 0 Å². The van der Waals surface area contributed by atoms with Gasteiger partial charge in [-0.2, -0.15) is 0 Å². The Morgan fingerprint density at radius 1 is 1.46 bits per heavy atom. The Kier molecular flexibility index (Phi) is 3.34. The summed E-state index contributed by atoms with van der Waals surface area (Å²) in [6.07, 6.45) is 10.6. The van der Waals surface area contributed by atoms with Gasteiger partial charge in [0.05, 0.1) is 5.71 Å². The van der Waals surface area contributed by atoms with Crippen molar-refractivity contribution >= 4 is 12.1 Å². The molecule has 0 aromatic carbocycles. The minimum Gasteiger partial charge on any atom is -0.325 e. The molecule has 1 aliphatic rings. The quantitative estimate of drug-likeness (QED) is 0.484. The Hall–Kier alpha value is -1.48. The molecule has 0 radical (unpaired) electrons. The van der Waals surface area contributed by atoms with Gasteiger partial charge in [0, 0.05) is 6.04 Å². The number of nitrogens with two attached hydrogens (primary N) is 1. The maximum absolute atomic E-state index is 6.88. The van der Waals surface area contributed by atoms with E-state index in [0.717, 1.165) is 17.6 Å². The van der Waals surface area contributed by atoms with Crippen molar-refractivity contribution in [3.05, 3.63) is 36.0 Å². The van der Waals surface area contributed by atoms with Crippen LogP contribution in [0.3, 0.4) is 0 Å². The van der Waals surface area contributed by atoms with Gasteiger partial charge < -0.3 is 5.73 Å². The summed E-state index contributed by atoms with van der Waals surface area (Å²) in [5.41, 5.74) is 7.40. The Bertz CT molecular complexity index is 306. The predicted octanol–water partition coefficient (Wildman–Crippen LogP) is 1.43. The molecule has 3 N–H and O–H groups in total. The third-order valence-corrected chi connectivity index (χ3v) is 1.58. The number of hydrogen-bond donors (Lipinski definition) is 2. The van der Waals surface area contributed by atoms with Gasteiger partial charge in [0.15, 0.2) is 0 Å². The van der Waals surface area contributed by atoms with E-state index in [1.165, 1.54) is 0 Å². The van der Waals surface area contributed by atoms with Gasteiger partial charge in [-0.05, 0) is 18.6 Å². The van der Waals surface area contributed by atoms with Crippen LogP contribution in [0.5, 0.6) is 0 Å². The number of hydrogen-bond acceptors (Lipinski definition) is 2. The normalized spacial score (nSPS) is 23.8. The first-order valence-electron chi connectivity index (χ1n) is 4.13. The van der Waals surface area contributed by atoms with Crippen LogP contribution in [0.1, 0.15) is 6.92 Å². The number of nitrogens with zero attached hydrogens (tertiary/aromatic N) is 1. The van der Waals surface area contributed by atoms with E-state index >= 15 is 0 Å². The molecule has 1 aliphatic carbocycles. The fraction of sp³-hybridized carbons (Fsp3) is 0.200. The molecule has 3 heteroatoms. The smallest absolute Gasteiger partial charge is 0.107 e. The summed E-state index contributed by atoms with van der Waals surface area (Å²) in [5, 5.41) is 6.88. The molecule has 0 fully saturated rings. The van der Waals surface area contributed by atoms with Gasteiger partial charge in [-0.1, -0.05) is 24.3 Å². The molecule has 1 unspecified atom stereocenters. The van der Waals surface area contributed by atoms with Crippen molar-refractivity contribution in [3.8, 4) is 0 Å². The molecule has 0 saturated carbocycles. The zero-order valence-corrected chi connectivity index (χ0v) is 7.57. The van der Waals surface area contributed by atoms with Crippen LogP contribution >= 0.6 is 0 Å². The maximum atomic E-state index is 6.88. The Morgan fingerprint density at radius 2 is 2.15 bits per heavy atom. The third kappa shape index (κ3) is 2.80. The predicted molar refractivity (Wildman–Crippen MR) is 56.2 cm³/mol. The molecule has 0 heterocycles.